The monoisotopic (exact) mass is 310 g/mol. The van der Waals surface area contributed by atoms with Gasteiger partial charge in [-0.25, -0.2) is 4.39 Å². The third-order valence-electron chi connectivity index (χ3n) is 3.99. The fourth-order valence-electron chi connectivity index (χ4n) is 2.74. The molecule has 1 fully saturated rings. The Kier molecular flexibility index (Phi) is 6.15. The Labute approximate surface area is 130 Å². The molecule has 5 nitrogen and oxygen atoms in total. The van der Waals surface area contributed by atoms with Crippen LogP contribution in [0.4, 0.5) is 4.39 Å². The van der Waals surface area contributed by atoms with E-state index in [9.17, 15) is 14.3 Å². The predicted octanol–water partition coefficient (Wildman–Crippen LogP) is 1.27. The minimum atomic E-state index is -0.544. The molecule has 1 heterocycles. The standard InChI is InChI=1S/C16H23FN2O3/c1-22-15-5-4-13(9-14(15)17)16(21)18-6-8-19-7-2-3-12(10-19)11-20/h4-5,9,12,20H,2-3,6-8,10-11H2,1H3,(H,18,21)/t12-/m1/s1. The Morgan fingerprint density at radius 3 is 3.05 bits per heavy atom. The van der Waals surface area contributed by atoms with Crippen molar-refractivity contribution in [2.75, 3.05) is 39.9 Å². The third kappa shape index (κ3) is 4.42. The van der Waals surface area contributed by atoms with E-state index in [1.807, 2.05) is 0 Å². The molecule has 2 N–H and O–H groups in total. The number of likely N-dealkylation sites (tertiary alicyclic amines) is 1. The van der Waals surface area contributed by atoms with Gasteiger partial charge in [-0.15, -0.1) is 0 Å². The number of amides is 1. The zero-order chi connectivity index (χ0) is 15.9. The number of aliphatic hydroxyl groups is 1. The van der Waals surface area contributed by atoms with Crippen molar-refractivity contribution in [3.63, 3.8) is 0 Å². The van der Waals surface area contributed by atoms with Gasteiger partial charge in [0.1, 0.15) is 0 Å². The number of piperidine rings is 1. The molecule has 1 amide bonds. The number of nitrogens with one attached hydrogen (secondary N) is 1. The predicted molar refractivity (Wildman–Crippen MR) is 81.5 cm³/mol. The van der Waals surface area contributed by atoms with Crippen LogP contribution in [0, 0.1) is 11.7 Å². The number of nitrogens with zero attached hydrogens (tertiary/aromatic N) is 1. The first kappa shape index (κ1) is 16.7. The minimum Gasteiger partial charge on any atom is -0.494 e. The van der Waals surface area contributed by atoms with Gasteiger partial charge in [0, 0.05) is 31.8 Å². The van der Waals surface area contributed by atoms with E-state index in [2.05, 4.69) is 10.2 Å². The number of methoxy groups -OCH3 is 1. The summed E-state index contributed by atoms with van der Waals surface area (Å²) in [5.74, 6) is -0.380. The quantitative estimate of drug-likeness (QED) is 0.831. The van der Waals surface area contributed by atoms with E-state index in [4.69, 9.17) is 4.74 Å². The van der Waals surface area contributed by atoms with Gasteiger partial charge in [-0.1, -0.05) is 0 Å². The summed E-state index contributed by atoms with van der Waals surface area (Å²) in [7, 11) is 1.39. The van der Waals surface area contributed by atoms with Crippen LogP contribution in [0.1, 0.15) is 23.2 Å². The Balaban J connectivity index is 1.79. The number of carbonyl (C=O) groups is 1. The summed E-state index contributed by atoms with van der Waals surface area (Å²) in [6, 6.07) is 4.16. The fraction of sp³-hybridized carbons (Fsp3) is 0.562. The summed E-state index contributed by atoms with van der Waals surface area (Å²) in [5, 5.41) is 12.0. The third-order valence-corrected chi connectivity index (χ3v) is 3.99. The summed E-state index contributed by atoms with van der Waals surface area (Å²) in [4.78, 5) is 14.2. The first-order valence-electron chi connectivity index (χ1n) is 7.59. The molecule has 2 rings (SSSR count). The number of hydrogen-bond acceptors (Lipinski definition) is 4. The van der Waals surface area contributed by atoms with Gasteiger partial charge < -0.3 is 20.1 Å². The van der Waals surface area contributed by atoms with Gasteiger partial charge in [0.05, 0.1) is 7.11 Å². The van der Waals surface area contributed by atoms with Crippen LogP contribution in [0.5, 0.6) is 5.75 Å². The highest BCUT2D eigenvalue weighted by atomic mass is 19.1. The van der Waals surface area contributed by atoms with E-state index >= 15 is 0 Å². The van der Waals surface area contributed by atoms with Crippen LogP contribution in [-0.4, -0.2) is 55.8 Å². The van der Waals surface area contributed by atoms with Gasteiger partial charge in [0.2, 0.25) is 0 Å². The Hall–Kier alpha value is -1.66. The SMILES string of the molecule is COc1ccc(C(=O)NCCN2CCC[C@@H](CO)C2)cc1F. The maximum absolute atomic E-state index is 13.6. The maximum atomic E-state index is 13.6. The zero-order valence-electron chi connectivity index (χ0n) is 12.8. The summed E-state index contributed by atoms with van der Waals surface area (Å²) in [6.45, 7) is 3.31. The van der Waals surface area contributed by atoms with Crippen LogP contribution in [0.15, 0.2) is 18.2 Å². The molecule has 122 valence electrons. The van der Waals surface area contributed by atoms with Crippen LogP contribution < -0.4 is 10.1 Å². The second-order valence-electron chi connectivity index (χ2n) is 5.60. The number of aliphatic hydroxyl groups excluding tert-OH is 1. The second-order valence-corrected chi connectivity index (χ2v) is 5.60. The van der Waals surface area contributed by atoms with Crippen LogP contribution in [0.3, 0.4) is 0 Å². The molecule has 1 atom stereocenters. The number of rotatable bonds is 6. The molecule has 0 bridgehead atoms. The van der Waals surface area contributed by atoms with Crippen molar-refractivity contribution >= 4 is 5.91 Å². The molecule has 1 aromatic rings. The lowest BCUT2D eigenvalue weighted by Crippen LogP contribution is -2.41. The van der Waals surface area contributed by atoms with Crippen LogP contribution in [0.2, 0.25) is 0 Å². The Morgan fingerprint density at radius 2 is 2.36 bits per heavy atom. The molecule has 22 heavy (non-hydrogen) atoms. The highest BCUT2D eigenvalue weighted by Crippen LogP contribution is 2.17. The summed E-state index contributed by atoms with van der Waals surface area (Å²) < 4.78 is 18.4. The molecule has 1 aliphatic heterocycles. The lowest BCUT2D eigenvalue weighted by Gasteiger charge is -2.31. The molecule has 0 radical (unpaired) electrons. The summed E-state index contributed by atoms with van der Waals surface area (Å²) in [5.41, 5.74) is 0.283. The van der Waals surface area contributed by atoms with E-state index in [1.54, 1.807) is 6.07 Å². The molecule has 1 aromatic carbocycles. The Morgan fingerprint density at radius 1 is 1.55 bits per heavy atom. The average Bonchev–Trinajstić information content (AvgIpc) is 2.54. The molecular weight excluding hydrogens is 287 g/mol. The highest BCUT2D eigenvalue weighted by molar-refractivity contribution is 5.94. The van der Waals surface area contributed by atoms with Crippen molar-refractivity contribution in [3.8, 4) is 5.75 Å². The smallest absolute Gasteiger partial charge is 0.251 e. The summed E-state index contributed by atoms with van der Waals surface area (Å²) >= 11 is 0. The number of halogens is 1. The molecule has 1 aliphatic rings. The topological polar surface area (TPSA) is 61.8 Å². The van der Waals surface area contributed by atoms with Crippen LogP contribution in [-0.2, 0) is 0 Å². The number of ether oxygens (including phenoxy) is 1. The first-order valence-corrected chi connectivity index (χ1v) is 7.59. The normalized spacial score (nSPS) is 19.0. The van der Waals surface area contributed by atoms with E-state index in [1.165, 1.54) is 19.2 Å². The van der Waals surface area contributed by atoms with Crippen molar-refractivity contribution < 1.29 is 19.0 Å². The Bertz CT molecular complexity index is 510. The van der Waals surface area contributed by atoms with Gasteiger partial charge in [-0.2, -0.15) is 0 Å². The molecule has 1 saturated heterocycles. The largest absolute Gasteiger partial charge is 0.494 e. The maximum Gasteiger partial charge on any atom is 0.251 e. The van der Waals surface area contributed by atoms with Crippen LogP contribution in [0.25, 0.3) is 0 Å². The second kappa shape index (κ2) is 8.10. The van der Waals surface area contributed by atoms with E-state index in [0.717, 1.165) is 32.5 Å². The average molecular weight is 310 g/mol. The van der Waals surface area contributed by atoms with Gasteiger partial charge in [-0.3, -0.25) is 4.79 Å². The van der Waals surface area contributed by atoms with Gasteiger partial charge in [-0.05, 0) is 43.5 Å². The highest BCUT2D eigenvalue weighted by Gasteiger charge is 2.19. The van der Waals surface area contributed by atoms with E-state index < -0.39 is 5.82 Å². The minimum absolute atomic E-state index is 0.125. The number of carbonyl (C=O) groups excluding carboxylic acids is 1. The number of benzene rings is 1. The van der Waals surface area contributed by atoms with E-state index in [0.29, 0.717) is 12.5 Å². The lowest BCUT2D eigenvalue weighted by atomic mass is 9.99. The van der Waals surface area contributed by atoms with Crippen molar-refractivity contribution in [2.24, 2.45) is 5.92 Å². The zero-order valence-corrected chi connectivity index (χ0v) is 12.8. The van der Waals surface area contributed by atoms with Gasteiger partial charge >= 0.3 is 0 Å². The van der Waals surface area contributed by atoms with Crippen molar-refractivity contribution in [3.05, 3.63) is 29.6 Å². The van der Waals surface area contributed by atoms with E-state index in [-0.39, 0.29) is 23.8 Å². The van der Waals surface area contributed by atoms with Crippen LogP contribution >= 0.6 is 0 Å². The lowest BCUT2D eigenvalue weighted by molar-refractivity contribution is 0.0930. The first-order chi connectivity index (χ1) is 10.6. The molecule has 0 saturated carbocycles. The molecule has 0 aromatic heterocycles. The molecular formula is C16H23FN2O3. The van der Waals surface area contributed by atoms with Crippen molar-refractivity contribution in [1.29, 1.82) is 0 Å². The van der Waals surface area contributed by atoms with Crippen molar-refractivity contribution in [1.82, 2.24) is 10.2 Å². The molecule has 0 unspecified atom stereocenters. The molecule has 6 heteroatoms. The number of hydrogen-bond donors (Lipinski definition) is 2. The molecule has 0 spiro atoms. The van der Waals surface area contributed by atoms with Gasteiger partial charge in [0.25, 0.3) is 5.91 Å². The van der Waals surface area contributed by atoms with Gasteiger partial charge in [0.15, 0.2) is 11.6 Å². The fourth-order valence-corrected chi connectivity index (χ4v) is 2.74. The summed E-state index contributed by atoms with van der Waals surface area (Å²) in [6.07, 6.45) is 2.13. The molecule has 0 aliphatic carbocycles. The van der Waals surface area contributed by atoms with Crippen molar-refractivity contribution in [2.45, 2.75) is 12.8 Å².